The van der Waals surface area contributed by atoms with Crippen molar-refractivity contribution in [1.29, 1.82) is 0 Å². The SMILES string of the molecule is [C-]#[N+]C(C)c1cccc(C(F)(F)F)c1OC. The van der Waals surface area contributed by atoms with Crippen LogP contribution >= 0.6 is 0 Å². The minimum Gasteiger partial charge on any atom is -0.496 e. The van der Waals surface area contributed by atoms with Gasteiger partial charge in [-0.3, -0.25) is 0 Å². The summed E-state index contributed by atoms with van der Waals surface area (Å²) in [5, 5.41) is 0. The first-order valence-corrected chi connectivity index (χ1v) is 4.52. The van der Waals surface area contributed by atoms with E-state index >= 15 is 0 Å². The number of alkyl halides is 3. The van der Waals surface area contributed by atoms with Gasteiger partial charge >= 0.3 is 6.18 Å². The fraction of sp³-hybridized carbons (Fsp3) is 0.364. The Balaban J connectivity index is 3.39. The maximum atomic E-state index is 12.6. The molecular weight excluding hydrogens is 219 g/mol. The molecule has 0 saturated carbocycles. The first-order valence-electron chi connectivity index (χ1n) is 4.52. The van der Waals surface area contributed by atoms with Gasteiger partial charge in [0.15, 0.2) is 0 Å². The molecule has 0 amide bonds. The Morgan fingerprint density at radius 2 is 2.00 bits per heavy atom. The number of hydrogen-bond donors (Lipinski definition) is 0. The predicted octanol–water partition coefficient (Wildman–Crippen LogP) is 3.69. The van der Waals surface area contributed by atoms with Crippen LogP contribution in [0.15, 0.2) is 18.2 Å². The third kappa shape index (κ3) is 2.27. The van der Waals surface area contributed by atoms with Crippen LogP contribution in [0.3, 0.4) is 0 Å². The molecular formula is C11H10F3NO. The highest BCUT2D eigenvalue weighted by atomic mass is 19.4. The maximum absolute atomic E-state index is 12.6. The Hall–Kier alpha value is -1.70. The molecule has 5 heteroatoms. The summed E-state index contributed by atoms with van der Waals surface area (Å²) in [5.74, 6) is -0.265. The molecule has 1 aromatic rings. The largest absolute Gasteiger partial charge is 0.496 e. The normalized spacial score (nSPS) is 13.0. The minimum absolute atomic E-state index is 0.257. The molecule has 0 bridgehead atoms. The van der Waals surface area contributed by atoms with E-state index in [1.807, 2.05) is 0 Å². The van der Waals surface area contributed by atoms with Gasteiger partial charge < -0.3 is 9.58 Å². The van der Waals surface area contributed by atoms with Gasteiger partial charge in [0.1, 0.15) is 5.75 Å². The van der Waals surface area contributed by atoms with Crippen LogP contribution in [-0.4, -0.2) is 7.11 Å². The lowest BCUT2D eigenvalue weighted by Crippen LogP contribution is -2.09. The van der Waals surface area contributed by atoms with Crippen LogP contribution in [-0.2, 0) is 6.18 Å². The molecule has 1 atom stereocenters. The lowest BCUT2D eigenvalue weighted by atomic mass is 10.0. The molecule has 1 rings (SSSR count). The Labute approximate surface area is 91.5 Å². The van der Waals surface area contributed by atoms with Crippen molar-refractivity contribution in [2.45, 2.75) is 19.1 Å². The van der Waals surface area contributed by atoms with Crippen molar-refractivity contribution >= 4 is 0 Å². The molecule has 0 N–H and O–H groups in total. The molecule has 2 nitrogen and oxygen atoms in total. The average molecular weight is 229 g/mol. The first-order chi connectivity index (χ1) is 7.41. The average Bonchev–Trinajstić information content (AvgIpc) is 2.25. The Morgan fingerprint density at radius 3 is 2.44 bits per heavy atom. The van der Waals surface area contributed by atoms with Crippen molar-refractivity contribution in [3.8, 4) is 5.75 Å². The van der Waals surface area contributed by atoms with Gasteiger partial charge in [-0.25, -0.2) is 6.57 Å². The van der Waals surface area contributed by atoms with Gasteiger partial charge in [-0.05, 0) is 12.1 Å². The molecule has 0 heterocycles. The second kappa shape index (κ2) is 4.44. The van der Waals surface area contributed by atoms with Crippen LogP contribution in [0.4, 0.5) is 13.2 Å². The summed E-state index contributed by atoms with van der Waals surface area (Å²) < 4.78 is 42.6. The summed E-state index contributed by atoms with van der Waals surface area (Å²) in [5.41, 5.74) is -0.588. The van der Waals surface area contributed by atoms with E-state index < -0.39 is 17.8 Å². The lowest BCUT2D eigenvalue weighted by Gasteiger charge is -2.14. The molecule has 0 radical (unpaired) electrons. The summed E-state index contributed by atoms with van der Waals surface area (Å²) in [6.45, 7) is 8.37. The topological polar surface area (TPSA) is 13.6 Å². The molecule has 86 valence electrons. The third-order valence-electron chi connectivity index (χ3n) is 2.20. The van der Waals surface area contributed by atoms with Crippen molar-refractivity contribution < 1.29 is 17.9 Å². The van der Waals surface area contributed by atoms with Crippen LogP contribution in [0.25, 0.3) is 4.85 Å². The standard InChI is InChI=1S/C11H10F3NO/c1-7(15-2)8-5-4-6-9(10(8)16-3)11(12,13)14/h4-7H,1,3H3. The van der Waals surface area contributed by atoms with Gasteiger partial charge in [-0.15, -0.1) is 0 Å². The van der Waals surface area contributed by atoms with Crippen LogP contribution in [0, 0.1) is 6.57 Å². The van der Waals surface area contributed by atoms with Gasteiger partial charge in [0.2, 0.25) is 6.04 Å². The Kier molecular flexibility index (Phi) is 3.43. The number of nitrogens with zero attached hydrogens (tertiary/aromatic N) is 1. The van der Waals surface area contributed by atoms with E-state index in [0.717, 1.165) is 6.07 Å². The van der Waals surface area contributed by atoms with Gasteiger partial charge in [0.05, 0.1) is 18.2 Å². The second-order valence-electron chi connectivity index (χ2n) is 3.23. The number of rotatable bonds is 2. The zero-order chi connectivity index (χ0) is 12.3. The highest BCUT2D eigenvalue weighted by Gasteiger charge is 2.36. The fourth-order valence-corrected chi connectivity index (χ4v) is 1.40. The quantitative estimate of drug-likeness (QED) is 0.705. The van der Waals surface area contributed by atoms with Gasteiger partial charge in [0.25, 0.3) is 0 Å². The zero-order valence-corrected chi connectivity index (χ0v) is 8.80. The number of ether oxygens (including phenoxy) is 1. The molecule has 0 spiro atoms. The van der Waals surface area contributed by atoms with Gasteiger partial charge in [-0.1, -0.05) is 6.07 Å². The monoisotopic (exact) mass is 229 g/mol. The predicted molar refractivity (Wildman–Crippen MR) is 53.0 cm³/mol. The van der Waals surface area contributed by atoms with Crippen molar-refractivity contribution in [1.82, 2.24) is 0 Å². The molecule has 0 aliphatic heterocycles. The van der Waals surface area contributed by atoms with E-state index in [1.54, 1.807) is 0 Å². The summed E-state index contributed by atoms with van der Waals surface area (Å²) in [4.78, 5) is 3.19. The fourth-order valence-electron chi connectivity index (χ4n) is 1.40. The number of hydrogen-bond acceptors (Lipinski definition) is 1. The van der Waals surface area contributed by atoms with E-state index in [1.165, 1.54) is 26.2 Å². The van der Waals surface area contributed by atoms with Crippen LogP contribution < -0.4 is 4.74 Å². The molecule has 1 aromatic carbocycles. The minimum atomic E-state index is -4.47. The number of benzene rings is 1. The van der Waals surface area contributed by atoms with Crippen molar-refractivity contribution in [2.24, 2.45) is 0 Å². The maximum Gasteiger partial charge on any atom is 0.419 e. The third-order valence-corrected chi connectivity index (χ3v) is 2.20. The summed E-state index contributed by atoms with van der Waals surface area (Å²) >= 11 is 0. The Bertz CT molecular complexity index is 420. The van der Waals surface area contributed by atoms with Crippen molar-refractivity contribution in [2.75, 3.05) is 7.11 Å². The molecule has 16 heavy (non-hydrogen) atoms. The molecule has 1 unspecified atom stereocenters. The summed E-state index contributed by atoms with van der Waals surface area (Å²) in [6, 6.07) is 3.04. The second-order valence-corrected chi connectivity index (χ2v) is 3.23. The molecule has 0 aliphatic rings. The lowest BCUT2D eigenvalue weighted by molar-refractivity contribution is -0.138. The van der Waals surface area contributed by atoms with Gasteiger partial charge in [0, 0.05) is 6.92 Å². The smallest absolute Gasteiger partial charge is 0.419 e. The summed E-state index contributed by atoms with van der Waals surface area (Å²) in [6.07, 6.45) is -4.47. The number of halogens is 3. The van der Waals surface area contributed by atoms with E-state index in [2.05, 4.69) is 4.85 Å². The van der Waals surface area contributed by atoms with Crippen LogP contribution in [0.1, 0.15) is 24.1 Å². The van der Waals surface area contributed by atoms with Crippen LogP contribution in [0.2, 0.25) is 0 Å². The molecule has 0 fully saturated rings. The van der Waals surface area contributed by atoms with E-state index in [-0.39, 0.29) is 11.3 Å². The van der Waals surface area contributed by atoms with Gasteiger partial charge in [-0.2, -0.15) is 13.2 Å². The van der Waals surface area contributed by atoms with E-state index in [0.29, 0.717) is 0 Å². The number of methoxy groups -OCH3 is 1. The first kappa shape index (κ1) is 12.4. The van der Waals surface area contributed by atoms with E-state index in [9.17, 15) is 13.2 Å². The van der Waals surface area contributed by atoms with Crippen LogP contribution in [0.5, 0.6) is 5.75 Å². The highest BCUT2D eigenvalue weighted by Crippen LogP contribution is 2.40. The zero-order valence-electron chi connectivity index (χ0n) is 8.80. The van der Waals surface area contributed by atoms with E-state index in [4.69, 9.17) is 11.3 Å². The molecule has 0 aromatic heterocycles. The van der Waals surface area contributed by atoms with Crippen molar-refractivity contribution in [3.63, 3.8) is 0 Å². The molecule has 0 aliphatic carbocycles. The summed E-state index contributed by atoms with van der Waals surface area (Å²) in [7, 11) is 1.17. The molecule has 0 saturated heterocycles. The highest BCUT2D eigenvalue weighted by molar-refractivity contribution is 5.45. The Morgan fingerprint density at radius 1 is 1.38 bits per heavy atom. The number of para-hydroxylation sites is 1. The van der Waals surface area contributed by atoms with Crippen molar-refractivity contribution in [3.05, 3.63) is 40.7 Å².